The van der Waals surface area contributed by atoms with Crippen molar-refractivity contribution in [2.75, 3.05) is 13.2 Å². The average Bonchev–Trinajstić information content (AvgIpc) is 2.32. The van der Waals surface area contributed by atoms with Gasteiger partial charge >= 0.3 is 0 Å². The molecule has 0 radical (unpaired) electrons. The molecule has 0 aromatic heterocycles. The van der Waals surface area contributed by atoms with Gasteiger partial charge in [0.15, 0.2) is 6.29 Å². The number of ether oxygens (including phenoxy) is 3. The van der Waals surface area contributed by atoms with Gasteiger partial charge in [-0.15, -0.1) is 0 Å². The van der Waals surface area contributed by atoms with E-state index in [-0.39, 0.29) is 19.1 Å². The van der Waals surface area contributed by atoms with Crippen LogP contribution in [0, 0.1) is 5.92 Å². The molecule has 0 fully saturated rings. The second-order valence-corrected chi connectivity index (χ2v) is 5.37. The van der Waals surface area contributed by atoms with Crippen molar-refractivity contribution >= 4 is 0 Å². The molecule has 0 saturated carbocycles. The van der Waals surface area contributed by atoms with Gasteiger partial charge in [0.2, 0.25) is 12.6 Å². The summed E-state index contributed by atoms with van der Waals surface area (Å²) in [6.07, 6.45) is -6.91. The molecule has 8 nitrogen and oxygen atoms in total. The summed E-state index contributed by atoms with van der Waals surface area (Å²) < 4.78 is 15.6. The van der Waals surface area contributed by atoms with E-state index in [9.17, 15) is 0 Å². The standard InChI is InChI=1S/C13H28O8/c1-7(2)10(11(15)16)19-6-9(4)21-13(12(17)18)20-5-8(3)14/h7-18H,5-6H2,1-4H3/t8?,9-,10?,13?/m0/s1. The SMILES string of the molecule is CC(O)COC(O[C@@H](C)COC(C(C)C)C(O)O)C(O)O. The zero-order valence-corrected chi connectivity index (χ0v) is 12.9. The largest absolute Gasteiger partial charge is 0.391 e. The monoisotopic (exact) mass is 312 g/mol. The van der Waals surface area contributed by atoms with E-state index in [0.717, 1.165) is 0 Å². The van der Waals surface area contributed by atoms with Gasteiger partial charge in [-0.1, -0.05) is 13.8 Å². The summed E-state index contributed by atoms with van der Waals surface area (Å²) in [5.74, 6) is -0.108. The summed E-state index contributed by atoms with van der Waals surface area (Å²) in [6.45, 7) is 6.57. The van der Waals surface area contributed by atoms with Crippen LogP contribution in [0.2, 0.25) is 0 Å². The van der Waals surface area contributed by atoms with Crippen molar-refractivity contribution in [3.8, 4) is 0 Å². The third-order valence-corrected chi connectivity index (χ3v) is 2.59. The van der Waals surface area contributed by atoms with Gasteiger partial charge in [-0.25, -0.2) is 0 Å². The van der Waals surface area contributed by atoms with Crippen LogP contribution in [0.25, 0.3) is 0 Å². The maximum absolute atomic E-state index is 9.17. The zero-order chi connectivity index (χ0) is 16.6. The first-order chi connectivity index (χ1) is 9.65. The van der Waals surface area contributed by atoms with Crippen molar-refractivity contribution in [1.29, 1.82) is 0 Å². The lowest BCUT2D eigenvalue weighted by Crippen LogP contribution is -2.39. The second-order valence-electron chi connectivity index (χ2n) is 5.37. The van der Waals surface area contributed by atoms with Gasteiger partial charge in [0.1, 0.15) is 6.10 Å². The molecule has 0 bridgehead atoms. The third-order valence-electron chi connectivity index (χ3n) is 2.59. The van der Waals surface area contributed by atoms with Gasteiger partial charge in [-0.3, -0.25) is 0 Å². The van der Waals surface area contributed by atoms with Crippen LogP contribution in [-0.2, 0) is 14.2 Å². The highest BCUT2D eigenvalue weighted by atomic mass is 16.7. The molecule has 8 heteroatoms. The molecule has 0 aliphatic heterocycles. The summed E-state index contributed by atoms with van der Waals surface area (Å²) in [5.41, 5.74) is 0. The molecular formula is C13H28O8. The fourth-order valence-corrected chi connectivity index (χ4v) is 1.57. The number of hydrogen-bond acceptors (Lipinski definition) is 8. The predicted octanol–water partition coefficient (Wildman–Crippen LogP) is -1.22. The number of rotatable bonds is 11. The van der Waals surface area contributed by atoms with Crippen LogP contribution in [0.3, 0.4) is 0 Å². The molecule has 3 unspecified atom stereocenters. The first kappa shape index (κ1) is 20.7. The minimum atomic E-state index is -1.87. The second kappa shape index (κ2) is 10.4. The Labute approximate surface area is 124 Å². The van der Waals surface area contributed by atoms with Gasteiger partial charge in [0.25, 0.3) is 0 Å². The minimum absolute atomic E-state index is 0.0156. The molecule has 0 saturated heterocycles. The molecule has 21 heavy (non-hydrogen) atoms. The van der Waals surface area contributed by atoms with E-state index >= 15 is 0 Å². The van der Waals surface area contributed by atoms with Crippen molar-refractivity contribution in [2.24, 2.45) is 5.92 Å². The van der Waals surface area contributed by atoms with Crippen LogP contribution < -0.4 is 0 Å². The van der Waals surface area contributed by atoms with E-state index in [2.05, 4.69) is 0 Å². The van der Waals surface area contributed by atoms with E-state index in [4.69, 9.17) is 39.7 Å². The van der Waals surface area contributed by atoms with Crippen molar-refractivity contribution in [3.63, 3.8) is 0 Å². The quantitative estimate of drug-likeness (QED) is 0.300. The van der Waals surface area contributed by atoms with E-state index in [0.29, 0.717) is 0 Å². The van der Waals surface area contributed by atoms with Gasteiger partial charge in [0, 0.05) is 0 Å². The van der Waals surface area contributed by atoms with Crippen molar-refractivity contribution in [3.05, 3.63) is 0 Å². The van der Waals surface area contributed by atoms with Crippen LogP contribution >= 0.6 is 0 Å². The lowest BCUT2D eigenvalue weighted by molar-refractivity contribution is -0.279. The summed E-state index contributed by atoms with van der Waals surface area (Å²) in [7, 11) is 0. The molecule has 0 heterocycles. The van der Waals surface area contributed by atoms with Crippen molar-refractivity contribution < 1.29 is 39.7 Å². The molecule has 128 valence electrons. The Morgan fingerprint density at radius 2 is 1.33 bits per heavy atom. The fraction of sp³-hybridized carbons (Fsp3) is 1.00. The first-order valence-corrected chi connectivity index (χ1v) is 6.94. The number of hydrogen-bond donors (Lipinski definition) is 5. The highest BCUT2D eigenvalue weighted by Gasteiger charge is 2.25. The highest BCUT2D eigenvalue weighted by Crippen LogP contribution is 2.12. The van der Waals surface area contributed by atoms with Crippen LogP contribution in [0.15, 0.2) is 0 Å². The minimum Gasteiger partial charge on any atom is -0.391 e. The van der Waals surface area contributed by atoms with E-state index in [1.54, 1.807) is 20.8 Å². The van der Waals surface area contributed by atoms with E-state index in [1.807, 2.05) is 0 Å². The van der Waals surface area contributed by atoms with Crippen LogP contribution in [0.1, 0.15) is 27.7 Å². The Morgan fingerprint density at radius 3 is 1.71 bits per heavy atom. The summed E-state index contributed by atoms with van der Waals surface area (Å²) >= 11 is 0. The number of aliphatic hydroxyl groups excluding tert-OH is 3. The molecule has 0 spiro atoms. The lowest BCUT2D eigenvalue weighted by Gasteiger charge is -2.27. The zero-order valence-electron chi connectivity index (χ0n) is 12.9. The maximum Gasteiger partial charge on any atom is 0.209 e. The van der Waals surface area contributed by atoms with Crippen LogP contribution in [0.4, 0.5) is 0 Å². The van der Waals surface area contributed by atoms with Gasteiger partial charge < -0.3 is 39.7 Å². The van der Waals surface area contributed by atoms with E-state index < -0.39 is 37.2 Å². The van der Waals surface area contributed by atoms with Crippen LogP contribution in [0.5, 0.6) is 0 Å². The van der Waals surface area contributed by atoms with Gasteiger partial charge in [0.05, 0.1) is 25.4 Å². The maximum atomic E-state index is 9.17. The highest BCUT2D eigenvalue weighted by molar-refractivity contribution is 4.65. The van der Waals surface area contributed by atoms with Gasteiger partial charge in [-0.05, 0) is 19.8 Å². The Bertz CT molecular complexity index is 249. The molecular weight excluding hydrogens is 284 g/mol. The van der Waals surface area contributed by atoms with E-state index in [1.165, 1.54) is 6.92 Å². The molecule has 0 aliphatic carbocycles. The Kier molecular flexibility index (Phi) is 10.3. The average molecular weight is 312 g/mol. The molecule has 5 N–H and O–H groups in total. The predicted molar refractivity (Wildman–Crippen MR) is 73.0 cm³/mol. The fourth-order valence-electron chi connectivity index (χ4n) is 1.57. The smallest absolute Gasteiger partial charge is 0.209 e. The van der Waals surface area contributed by atoms with Gasteiger partial charge in [-0.2, -0.15) is 0 Å². The molecule has 4 atom stereocenters. The van der Waals surface area contributed by atoms with Crippen LogP contribution in [-0.4, -0.2) is 75.9 Å². The lowest BCUT2D eigenvalue weighted by atomic mass is 10.1. The summed E-state index contributed by atoms with van der Waals surface area (Å²) in [4.78, 5) is 0. The molecule has 0 aromatic rings. The Morgan fingerprint density at radius 1 is 0.762 bits per heavy atom. The molecule has 0 aliphatic rings. The topological polar surface area (TPSA) is 129 Å². The Hall–Kier alpha value is -0.320. The number of aliphatic hydroxyl groups is 5. The molecule has 0 amide bonds. The Balaban J connectivity index is 4.27. The third kappa shape index (κ3) is 9.33. The molecule has 0 rings (SSSR count). The summed E-state index contributed by atoms with van der Waals surface area (Å²) in [5, 5.41) is 45.7. The van der Waals surface area contributed by atoms with Crippen molar-refractivity contribution in [1.82, 2.24) is 0 Å². The normalized spacial score (nSPS) is 18.3. The van der Waals surface area contributed by atoms with Crippen molar-refractivity contribution in [2.45, 2.75) is 64.9 Å². The first-order valence-electron chi connectivity index (χ1n) is 6.94. The summed E-state index contributed by atoms with van der Waals surface area (Å²) in [6, 6.07) is 0. The molecule has 0 aromatic carbocycles.